The van der Waals surface area contributed by atoms with E-state index in [9.17, 15) is 18.0 Å². The molecule has 1 aromatic carbocycles. The number of hydrogen-bond donors (Lipinski definition) is 0. The first-order valence-electron chi connectivity index (χ1n) is 8.22. The molecular weight excluding hydrogens is 347 g/mol. The van der Waals surface area contributed by atoms with Crippen molar-refractivity contribution in [3.63, 3.8) is 0 Å². The topological polar surface area (TPSA) is 67.9 Å². The number of halogens is 3. The first-order chi connectivity index (χ1) is 12.4. The van der Waals surface area contributed by atoms with Gasteiger partial charge in [0.25, 0.3) is 0 Å². The van der Waals surface area contributed by atoms with Crippen molar-refractivity contribution in [2.45, 2.75) is 38.0 Å². The number of alkyl halides is 3. The molecule has 1 aromatic heterocycles. The van der Waals surface area contributed by atoms with Crippen LogP contribution in [0.4, 0.5) is 13.2 Å². The summed E-state index contributed by atoms with van der Waals surface area (Å²) in [4.78, 5) is 12.3. The van der Waals surface area contributed by atoms with E-state index in [0.717, 1.165) is 23.6 Å². The van der Waals surface area contributed by atoms with E-state index in [0.29, 0.717) is 18.5 Å². The fourth-order valence-electron chi connectivity index (χ4n) is 2.96. The zero-order valence-electron chi connectivity index (χ0n) is 13.7. The van der Waals surface area contributed by atoms with Crippen molar-refractivity contribution in [1.82, 2.24) is 9.78 Å². The van der Waals surface area contributed by atoms with Gasteiger partial charge in [-0.25, -0.2) is 9.48 Å². The molecule has 1 saturated carbocycles. The Morgan fingerprint density at radius 3 is 2.50 bits per heavy atom. The highest BCUT2D eigenvalue weighted by Gasteiger charge is 2.33. The molecule has 0 spiro atoms. The molecule has 2 aromatic rings. The van der Waals surface area contributed by atoms with E-state index < -0.39 is 23.9 Å². The molecule has 1 heterocycles. The fourth-order valence-corrected chi connectivity index (χ4v) is 2.96. The van der Waals surface area contributed by atoms with Gasteiger partial charge in [0, 0.05) is 6.20 Å². The van der Waals surface area contributed by atoms with Crippen LogP contribution in [0.1, 0.15) is 41.7 Å². The van der Waals surface area contributed by atoms with Crippen LogP contribution in [0.3, 0.4) is 0 Å². The molecule has 5 nitrogen and oxygen atoms in total. The number of carbonyl (C=O) groups is 1. The van der Waals surface area contributed by atoms with E-state index in [4.69, 9.17) is 10.00 Å². The van der Waals surface area contributed by atoms with Gasteiger partial charge in [-0.3, -0.25) is 0 Å². The predicted molar refractivity (Wildman–Crippen MR) is 85.3 cm³/mol. The first kappa shape index (κ1) is 18.0. The molecule has 2 atom stereocenters. The lowest BCUT2D eigenvalue weighted by Crippen LogP contribution is -2.29. The number of rotatable bonds is 3. The van der Waals surface area contributed by atoms with Gasteiger partial charge in [-0.15, -0.1) is 0 Å². The van der Waals surface area contributed by atoms with Gasteiger partial charge in [-0.05, 0) is 49.6 Å². The Bertz CT molecular complexity index is 821. The lowest BCUT2D eigenvalue weighted by molar-refractivity contribution is -0.141. The minimum atomic E-state index is -4.51. The Labute approximate surface area is 148 Å². The summed E-state index contributed by atoms with van der Waals surface area (Å²) < 4.78 is 44.4. The normalized spacial score (nSPS) is 20.4. The third-order valence-electron chi connectivity index (χ3n) is 4.37. The van der Waals surface area contributed by atoms with Gasteiger partial charge in [0.2, 0.25) is 0 Å². The lowest BCUT2D eigenvalue weighted by Gasteiger charge is -2.26. The Balaban J connectivity index is 1.70. The maximum Gasteiger partial charge on any atom is 0.435 e. The van der Waals surface area contributed by atoms with E-state index >= 15 is 0 Å². The molecule has 3 rings (SSSR count). The summed E-state index contributed by atoms with van der Waals surface area (Å²) in [5.41, 5.74) is -0.315. The summed E-state index contributed by atoms with van der Waals surface area (Å²) in [5.74, 6) is -0.836. The second-order valence-electron chi connectivity index (χ2n) is 6.15. The summed E-state index contributed by atoms with van der Waals surface area (Å²) in [6, 6.07) is 8.98. The number of carbonyl (C=O) groups excluding carboxylic acids is 1. The van der Waals surface area contributed by atoms with Crippen LogP contribution in [0.5, 0.6) is 0 Å². The van der Waals surface area contributed by atoms with E-state index in [-0.39, 0.29) is 11.5 Å². The van der Waals surface area contributed by atoms with Crippen LogP contribution >= 0.6 is 0 Å². The van der Waals surface area contributed by atoms with Crippen LogP contribution in [0.25, 0.3) is 5.69 Å². The summed E-state index contributed by atoms with van der Waals surface area (Å²) in [6.07, 6.45) is -0.478. The highest BCUT2D eigenvalue weighted by Crippen LogP contribution is 2.28. The molecule has 136 valence electrons. The number of esters is 1. The molecule has 0 aliphatic heterocycles. The average molecular weight is 363 g/mol. The molecule has 1 aliphatic carbocycles. The second kappa shape index (κ2) is 7.20. The van der Waals surface area contributed by atoms with Crippen molar-refractivity contribution in [2.75, 3.05) is 0 Å². The Kier molecular flexibility index (Phi) is 4.98. The highest BCUT2D eigenvalue weighted by atomic mass is 19.4. The molecule has 0 amide bonds. The maximum absolute atomic E-state index is 12.6. The molecule has 0 radical (unpaired) electrons. The summed E-state index contributed by atoms with van der Waals surface area (Å²) in [6.45, 7) is 0. The molecule has 1 fully saturated rings. The molecule has 8 heteroatoms. The van der Waals surface area contributed by atoms with Gasteiger partial charge in [0.05, 0.1) is 23.2 Å². The maximum atomic E-state index is 12.6. The van der Waals surface area contributed by atoms with Crippen LogP contribution < -0.4 is 0 Å². The minimum Gasteiger partial charge on any atom is -0.457 e. The minimum absolute atomic E-state index is 0.277. The standard InChI is InChI=1S/C18H16F3N3O2/c19-18(20,21)16-9-10-24(23-16)14-7-5-12(6-8-14)17(25)26-15-4-2-1-3-13(15)11-22/h5-10,13,15H,1-4H2. The van der Waals surface area contributed by atoms with Crippen molar-refractivity contribution in [1.29, 1.82) is 5.26 Å². The summed E-state index contributed by atoms with van der Waals surface area (Å²) >= 11 is 0. The molecule has 0 bridgehead atoms. The number of nitrogens with zero attached hydrogens (tertiary/aromatic N) is 3. The van der Waals surface area contributed by atoms with Crippen molar-refractivity contribution < 1.29 is 22.7 Å². The first-order valence-corrected chi connectivity index (χ1v) is 8.22. The third-order valence-corrected chi connectivity index (χ3v) is 4.37. The Morgan fingerprint density at radius 1 is 1.19 bits per heavy atom. The zero-order valence-corrected chi connectivity index (χ0v) is 13.7. The molecule has 0 saturated heterocycles. The van der Waals surface area contributed by atoms with Gasteiger partial charge in [0.1, 0.15) is 6.10 Å². The van der Waals surface area contributed by atoms with E-state index in [1.54, 1.807) is 0 Å². The number of aromatic nitrogens is 2. The number of benzene rings is 1. The van der Waals surface area contributed by atoms with Crippen LogP contribution in [-0.2, 0) is 10.9 Å². The highest BCUT2D eigenvalue weighted by molar-refractivity contribution is 5.89. The quantitative estimate of drug-likeness (QED) is 0.769. The van der Waals surface area contributed by atoms with Gasteiger partial charge in [-0.1, -0.05) is 6.42 Å². The van der Waals surface area contributed by atoms with Crippen molar-refractivity contribution in [3.05, 3.63) is 47.8 Å². The van der Waals surface area contributed by atoms with Crippen LogP contribution in [-0.4, -0.2) is 21.9 Å². The second-order valence-corrected chi connectivity index (χ2v) is 6.15. The fraction of sp³-hybridized carbons (Fsp3) is 0.389. The smallest absolute Gasteiger partial charge is 0.435 e. The molecular formula is C18H16F3N3O2. The van der Waals surface area contributed by atoms with Gasteiger partial charge >= 0.3 is 12.1 Å². The van der Waals surface area contributed by atoms with E-state index in [1.807, 2.05) is 0 Å². The van der Waals surface area contributed by atoms with Crippen LogP contribution in [0.15, 0.2) is 36.5 Å². The van der Waals surface area contributed by atoms with Gasteiger partial charge < -0.3 is 4.74 Å². The van der Waals surface area contributed by atoms with E-state index in [1.165, 1.54) is 30.5 Å². The molecule has 2 unspecified atom stereocenters. The number of ether oxygens (including phenoxy) is 1. The number of hydrogen-bond acceptors (Lipinski definition) is 4. The zero-order chi connectivity index (χ0) is 18.7. The summed E-state index contributed by atoms with van der Waals surface area (Å²) in [7, 11) is 0. The van der Waals surface area contributed by atoms with Crippen LogP contribution in [0.2, 0.25) is 0 Å². The largest absolute Gasteiger partial charge is 0.457 e. The van der Waals surface area contributed by atoms with Crippen LogP contribution in [0, 0.1) is 17.2 Å². The van der Waals surface area contributed by atoms with Gasteiger partial charge in [-0.2, -0.15) is 23.5 Å². The third kappa shape index (κ3) is 3.87. The molecule has 1 aliphatic rings. The molecule has 0 N–H and O–H groups in total. The Morgan fingerprint density at radius 2 is 1.88 bits per heavy atom. The van der Waals surface area contributed by atoms with Gasteiger partial charge in [0.15, 0.2) is 5.69 Å². The summed E-state index contributed by atoms with van der Waals surface area (Å²) in [5, 5.41) is 12.6. The predicted octanol–water partition coefficient (Wildman–Crippen LogP) is 4.13. The lowest BCUT2D eigenvalue weighted by atomic mass is 9.87. The molecule has 26 heavy (non-hydrogen) atoms. The monoisotopic (exact) mass is 363 g/mol. The Hall–Kier alpha value is -2.82. The SMILES string of the molecule is N#CC1CCCCC1OC(=O)c1ccc(-n2ccc(C(F)(F)F)n2)cc1. The van der Waals surface area contributed by atoms with Crippen molar-refractivity contribution in [2.24, 2.45) is 5.92 Å². The van der Waals surface area contributed by atoms with Crippen molar-refractivity contribution >= 4 is 5.97 Å². The van der Waals surface area contributed by atoms with Crippen molar-refractivity contribution in [3.8, 4) is 11.8 Å². The van der Waals surface area contributed by atoms with E-state index in [2.05, 4.69) is 11.2 Å². The number of nitriles is 1. The average Bonchev–Trinajstić information content (AvgIpc) is 3.13.